The second-order valence-corrected chi connectivity index (χ2v) is 7.69. The lowest BCUT2D eigenvalue weighted by molar-refractivity contribution is -0.138. The van der Waals surface area contributed by atoms with Crippen LogP contribution in [0.1, 0.15) is 12.5 Å². The van der Waals surface area contributed by atoms with Crippen LogP contribution in [0.3, 0.4) is 0 Å². The highest BCUT2D eigenvalue weighted by Crippen LogP contribution is 2.52. The fraction of sp³-hybridized carbons (Fsp3) is 0.250. The molecule has 3 atom stereocenters. The van der Waals surface area contributed by atoms with E-state index < -0.39 is 29.1 Å². The Bertz CT molecular complexity index is 990. The van der Waals surface area contributed by atoms with Crippen molar-refractivity contribution in [3.05, 3.63) is 89.5 Å². The minimum Gasteiger partial charge on any atom is -0.466 e. The highest BCUT2D eigenvalue weighted by atomic mass is 16.6. The van der Waals surface area contributed by atoms with Gasteiger partial charge >= 0.3 is 5.97 Å². The molecule has 2 heterocycles. The van der Waals surface area contributed by atoms with Crippen molar-refractivity contribution in [2.75, 3.05) is 12.4 Å². The molecule has 2 aliphatic rings. The maximum atomic E-state index is 12.8. The second-order valence-electron chi connectivity index (χ2n) is 7.69. The Morgan fingerprint density at radius 3 is 2.27 bits per heavy atom. The van der Waals surface area contributed by atoms with Crippen molar-refractivity contribution in [1.82, 2.24) is 0 Å². The molecule has 30 heavy (non-hydrogen) atoms. The number of benzene rings is 2. The molecule has 0 aliphatic carbocycles. The van der Waals surface area contributed by atoms with E-state index in [-0.39, 0.29) is 11.1 Å². The number of anilines is 1. The highest BCUT2D eigenvalue weighted by Gasteiger charge is 2.62. The van der Waals surface area contributed by atoms with E-state index >= 15 is 0 Å². The average Bonchev–Trinajstić information content (AvgIpc) is 3.24. The first-order chi connectivity index (χ1) is 14.4. The molecule has 1 amide bonds. The third kappa shape index (κ3) is 3.19. The number of ether oxygens (including phenoxy) is 2. The van der Waals surface area contributed by atoms with Gasteiger partial charge < -0.3 is 20.5 Å². The fourth-order valence-corrected chi connectivity index (χ4v) is 4.40. The number of rotatable bonds is 7. The summed E-state index contributed by atoms with van der Waals surface area (Å²) in [5, 5.41) is 3.50. The van der Waals surface area contributed by atoms with Crippen molar-refractivity contribution in [3.63, 3.8) is 0 Å². The van der Waals surface area contributed by atoms with Gasteiger partial charge in [-0.1, -0.05) is 48.5 Å². The molecular formula is C24H24N2O4. The maximum absolute atomic E-state index is 12.8. The zero-order valence-electron chi connectivity index (χ0n) is 16.9. The van der Waals surface area contributed by atoms with Gasteiger partial charge in [-0.05, 0) is 43.2 Å². The van der Waals surface area contributed by atoms with Crippen molar-refractivity contribution >= 4 is 17.6 Å². The number of hydrogen-bond acceptors (Lipinski definition) is 5. The lowest BCUT2D eigenvalue weighted by atomic mass is 9.76. The first kappa shape index (κ1) is 19.9. The molecule has 2 bridgehead atoms. The van der Waals surface area contributed by atoms with E-state index in [2.05, 4.69) is 5.32 Å². The summed E-state index contributed by atoms with van der Waals surface area (Å²) < 4.78 is 11.5. The van der Waals surface area contributed by atoms with Crippen LogP contribution >= 0.6 is 0 Å². The molecule has 0 spiro atoms. The minimum atomic E-state index is -1.20. The number of amides is 1. The molecule has 0 saturated heterocycles. The summed E-state index contributed by atoms with van der Waals surface area (Å²) in [6.45, 7) is 1.74. The number of carbonyl (C=O) groups is 2. The number of para-hydroxylation sites is 1. The van der Waals surface area contributed by atoms with Crippen molar-refractivity contribution < 1.29 is 19.1 Å². The largest absolute Gasteiger partial charge is 0.466 e. The Kier molecular flexibility index (Phi) is 4.95. The molecule has 3 N–H and O–H groups in total. The number of hydrogen-bond donors (Lipinski definition) is 2. The van der Waals surface area contributed by atoms with Crippen LogP contribution in [-0.4, -0.2) is 36.2 Å². The smallest absolute Gasteiger partial charge is 0.337 e. The topological polar surface area (TPSA) is 90.7 Å². The summed E-state index contributed by atoms with van der Waals surface area (Å²) in [4.78, 5) is 25.2. The fourth-order valence-electron chi connectivity index (χ4n) is 4.40. The normalized spacial score (nSPS) is 25.3. The SMILES string of the molecule is COC(=O)C1=C(C(N)=O)C2(C)C=CC1(C(Cc1ccccc1)Nc1ccccc1)O2. The van der Waals surface area contributed by atoms with E-state index in [1.165, 1.54) is 7.11 Å². The summed E-state index contributed by atoms with van der Waals surface area (Å²) in [5.41, 5.74) is 5.63. The van der Waals surface area contributed by atoms with Gasteiger partial charge in [0.1, 0.15) is 11.2 Å². The molecule has 2 aliphatic heterocycles. The van der Waals surface area contributed by atoms with Gasteiger partial charge in [-0.3, -0.25) is 4.79 Å². The lowest BCUT2D eigenvalue weighted by Crippen LogP contribution is -2.50. The first-order valence-electron chi connectivity index (χ1n) is 9.79. The highest BCUT2D eigenvalue weighted by molar-refractivity contribution is 6.07. The molecule has 0 saturated carbocycles. The predicted molar refractivity (Wildman–Crippen MR) is 114 cm³/mol. The molecule has 6 heteroatoms. The van der Waals surface area contributed by atoms with Crippen molar-refractivity contribution in [2.45, 2.75) is 30.6 Å². The molecule has 3 unspecified atom stereocenters. The van der Waals surface area contributed by atoms with Gasteiger partial charge in [0.15, 0.2) is 0 Å². The number of primary amides is 1. The van der Waals surface area contributed by atoms with Crippen LogP contribution in [0.4, 0.5) is 5.69 Å². The minimum absolute atomic E-state index is 0.143. The van der Waals surface area contributed by atoms with Gasteiger partial charge in [0.25, 0.3) is 0 Å². The van der Waals surface area contributed by atoms with Crippen molar-refractivity contribution in [1.29, 1.82) is 0 Å². The molecule has 4 rings (SSSR count). The molecular weight excluding hydrogens is 380 g/mol. The van der Waals surface area contributed by atoms with Crippen LogP contribution in [-0.2, 0) is 25.5 Å². The summed E-state index contributed by atoms with van der Waals surface area (Å²) >= 11 is 0. The number of fused-ring (bicyclic) bond motifs is 2. The molecule has 0 radical (unpaired) electrons. The van der Waals surface area contributed by atoms with E-state index in [0.29, 0.717) is 6.42 Å². The third-order valence-electron chi connectivity index (χ3n) is 5.72. The second kappa shape index (κ2) is 7.46. The third-order valence-corrected chi connectivity index (χ3v) is 5.72. The number of nitrogens with one attached hydrogen (secondary N) is 1. The Labute approximate surface area is 175 Å². The van der Waals surface area contributed by atoms with Crippen LogP contribution < -0.4 is 11.1 Å². The van der Waals surface area contributed by atoms with Gasteiger partial charge in [-0.25, -0.2) is 4.79 Å². The van der Waals surface area contributed by atoms with E-state index in [4.69, 9.17) is 15.2 Å². The number of esters is 1. The Hall–Kier alpha value is -3.38. The first-order valence-corrected chi connectivity index (χ1v) is 9.79. The molecule has 6 nitrogen and oxygen atoms in total. The van der Waals surface area contributed by atoms with Gasteiger partial charge in [0, 0.05) is 5.69 Å². The van der Waals surface area contributed by atoms with Crippen LogP contribution in [0, 0.1) is 0 Å². The summed E-state index contributed by atoms with van der Waals surface area (Å²) in [6.07, 6.45) is 4.18. The van der Waals surface area contributed by atoms with E-state index in [0.717, 1.165) is 11.3 Å². The van der Waals surface area contributed by atoms with Crippen LogP contribution in [0.2, 0.25) is 0 Å². The van der Waals surface area contributed by atoms with Crippen LogP contribution in [0.25, 0.3) is 0 Å². The predicted octanol–water partition coefficient (Wildman–Crippen LogP) is 2.76. The molecule has 0 aromatic heterocycles. The summed E-state index contributed by atoms with van der Waals surface area (Å²) in [5.74, 6) is -1.31. The van der Waals surface area contributed by atoms with Crippen LogP contribution in [0.5, 0.6) is 0 Å². The Balaban J connectivity index is 1.84. The Morgan fingerprint density at radius 2 is 1.67 bits per heavy atom. The number of carbonyl (C=O) groups excluding carboxylic acids is 2. The molecule has 154 valence electrons. The molecule has 2 aromatic carbocycles. The number of methoxy groups -OCH3 is 1. The standard InChI is InChI=1S/C24H24N2O4/c1-23-13-14-24(30-23,20(22(28)29-2)19(23)21(25)27)18(15-16-9-5-3-6-10-16)26-17-11-7-4-8-12-17/h3-14,18,26H,15H2,1-2H3,(H2,25,27). The average molecular weight is 404 g/mol. The maximum Gasteiger partial charge on any atom is 0.337 e. The number of nitrogens with two attached hydrogens (primary N) is 1. The van der Waals surface area contributed by atoms with Gasteiger partial charge in [0.05, 0.1) is 24.3 Å². The van der Waals surface area contributed by atoms with E-state index in [1.807, 2.05) is 66.7 Å². The summed E-state index contributed by atoms with van der Waals surface area (Å²) in [7, 11) is 1.29. The van der Waals surface area contributed by atoms with Crippen LogP contribution in [0.15, 0.2) is 84.0 Å². The zero-order valence-corrected chi connectivity index (χ0v) is 16.9. The lowest BCUT2D eigenvalue weighted by Gasteiger charge is -2.36. The molecule has 2 aromatic rings. The zero-order chi connectivity index (χ0) is 21.4. The van der Waals surface area contributed by atoms with E-state index in [9.17, 15) is 9.59 Å². The molecule has 0 fully saturated rings. The van der Waals surface area contributed by atoms with E-state index in [1.54, 1.807) is 13.0 Å². The quantitative estimate of drug-likeness (QED) is 0.547. The van der Waals surface area contributed by atoms with Gasteiger partial charge in [-0.15, -0.1) is 0 Å². The van der Waals surface area contributed by atoms with Crippen molar-refractivity contribution in [3.8, 4) is 0 Å². The van der Waals surface area contributed by atoms with Gasteiger partial charge in [0.2, 0.25) is 5.91 Å². The summed E-state index contributed by atoms with van der Waals surface area (Å²) in [6, 6.07) is 19.2. The van der Waals surface area contributed by atoms with Gasteiger partial charge in [-0.2, -0.15) is 0 Å². The monoisotopic (exact) mass is 404 g/mol. The van der Waals surface area contributed by atoms with Crippen molar-refractivity contribution in [2.24, 2.45) is 5.73 Å². The Morgan fingerprint density at radius 1 is 1.03 bits per heavy atom.